The van der Waals surface area contributed by atoms with Crippen LogP contribution in [0.25, 0.3) is 0 Å². The van der Waals surface area contributed by atoms with Gasteiger partial charge in [0.15, 0.2) is 0 Å². The Labute approximate surface area is 62.2 Å². The highest BCUT2D eigenvalue weighted by Crippen LogP contribution is 2.32. The van der Waals surface area contributed by atoms with E-state index in [9.17, 15) is 4.79 Å². The molecule has 1 aliphatic rings. The van der Waals surface area contributed by atoms with Gasteiger partial charge in [-0.3, -0.25) is 0 Å². The van der Waals surface area contributed by atoms with Gasteiger partial charge in [0.2, 0.25) is 0 Å². The zero-order chi connectivity index (χ0) is 7.78. The smallest absolute Gasteiger partial charge is 0.124 e. The molecule has 0 bridgehead atoms. The molecule has 1 atom stereocenters. The van der Waals surface area contributed by atoms with E-state index in [4.69, 9.17) is 0 Å². The minimum atomic E-state index is 0.191. The van der Waals surface area contributed by atoms with Gasteiger partial charge in [-0.1, -0.05) is 13.8 Å². The van der Waals surface area contributed by atoms with Crippen molar-refractivity contribution in [2.45, 2.75) is 13.8 Å². The average Bonchev–Trinajstić information content (AvgIpc) is 2.04. The van der Waals surface area contributed by atoms with Crippen LogP contribution in [0.15, 0.2) is 0 Å². The second kappa shape index (κ2) is 2.35. The van der Waals surface area contributed by atoms with E-state index < -0.39 is 0 Å². The van der Waals surface area contributed by atoms with Gasteiger partial charge < -0.3 is 9.69 Å². The maximum Gasteiger partial charge on any atom is 0.124 e. The van der Waals surface area contributed by atoms with E-state index >= 15 is 0 Å². The third-order valence-electron chi connectivity index (χ3n) is 2.35. The van der Waals surface area contributed by atoms with Gasteiger partial charge in [-0.2, -0.15) is 0 Å². The van der Waals surface area contributed by atoms with Crippen LogP contribution >= 0.6 is 0 Å². The van der Waals surface area contributed by atoms with Crippen molar-refractivity contribution in [1.29, 1.82) is 0 Å². The highest BCUT2D eigenvalue weighted by atomic mass is 16.1. The van der Waals surface area contributed by atoms with Gasteiger partial charge in [-0.15, -0.1) is 0 Å². The number of nitrogens with zero attached hydrogens (tertiary/aromatic N) is 1. The molecule has 0 spiro atoms. The topological polar surface area (TPSA) is 20.3 Å². The molecule has 0 saturated carbocycles. The van der Waals surface area contributed by atoms with E-state index in [0.717, 1.165) is 19.4 Å². The first-order valence-corrected chi connectivity index (χ1v) is 3.70. The molecule has 2 heteroatoms. The number of carbonyl (C=O) groups is 1. The molecule has 58 valence electrons. The minimum Gasteiger partial charge on any atom is -0.305 e. The van der Waals surface area contributed by atoms with Crippen LogP contribution in [-0.4, -0.2) is 31.3 Å². The molecular weight excluding hydrogens is 126 g/mol. The molecule has 0 radical (unpaired) electrons. The third-order valence-corrected chi connectivity index (χ3v) is 2.35. The number of likely N-dealkylation sites (tertiary alicyclic amines) is 1. The van der Waals surface area contributed by atoms with Crippen molar-refractivity contribution in [1.82, 2.24) is 4.90 Å². The lowest BCUT2D eigenvalue weighted by atomic mass is 9.83. The lowest BCUT2D eigenvalue weighted by Crippen LogP contribution is -2.23. The van der Waals surface area contributed by atoms with Gasteiger partial charge in [-0.05, 0) is 12.5 Å². The monoisotopic (exact) mass is 141 g/mol. The standard InChI is InChI=1S/C8H15NO/c1-8(2)6-9(3)4-7(8)5-10/h5,7H,4,6H2,1-3H3. The molecule has 0 amide bonds. The molecule has 0 aromatic carbocycles. The van der Waals surface area contributed by atoms with E-state index in [-0.39, 0.29) is 11.3 Å². The number of rotatable bonds is 1. The van der Waals surface area contributed by atoms with Crippen molar-refractivity contribution in [2.24, 2.45) is 11.3 Å². The number of hydrogen-bond donors (Lipinski definition) is 0. The van der Waals surface area contributed by atoms with Crippen LogP contribution in [0, 0.1) is 11.3 Å². The Kier molecular flexibility index (Phi) is 1.82. The first-order chi connectivity index (χ1) is 4.56. The van der Waals surface area contributed by atoms with E-state index in [1.54, 1.807) is 0 Å². The van der Waals surface area contributed by atoms with Crippen molar-refractivity contribution in [2.75, 3.05) is 20.1 Å². The molecule has 1 rings (SSSR count). The predicted octanol–water partition coefficient (Wildman–Crippen LogP) is 0.773. The molecule has 2 nitrogen and oxygen atoms in total. The molecule has 1 aliphatic heterocycles. The summed E-state index contributed by atoms with van der Waals surface area (Å²) >= 11 is 0. The average molecular weight is 141 g/mol. The maximum absolute atomic E-state index is 10.5. The van der Waals surface area contributed by atoms with Crippen LogP contribution in [-0.2, 0) is 4.79 Å². The third kappa shape index (κ3) is 1.21. The summed E-state index contributed by atoms with van der Waals surface area (Å²) in [5.74, 6) is 0.234. The number of hydrogen-bond acceptors (Lipinski definition) is 2. The van der Waals surface area contributed by atoms with Crippen molar-refractivity contribution < 1.29 is 4.79 Å². The second-order valence-corrected chi connectivity index (χ2v) is 3.93. The molecule has 1 unspecified atom stereocenters. The van der Waals surface area contributed by atoms with Crippen LogP contribution in [0.1, 0.15) is 13.8 Å². The van der Waals surface area contributed by atoms with Gasteiger partial charge in [0.05, 0.1) is 0 Å². The highest BCUT2D eigenvalue weighted by molar-refractivity contribution is 5.56. The number of aldehydes is 1. The molecule has 1 heterocycles. The second-order valence-electron chi connectivity index (χ2n) is 3.93. The summed E-state index contributed by atoms with van der Waals surface area (Å²) in [6.07, 6.45) is 1.09. The highest BCUT2D eigenvalue weighted by Gasteiger charge is 2.37. The molecular formula is C8H15NO. The molecule has 0 aliphatic carbocycles. The van der Waals surface area contributed by atoms with Crippen LogP contribution in [0.2, 0.25) is 0 Å². The van der Waals surface area contributed by atoms with Crippen LogP contribution in [0.3, 0.4) is 0 Å². The Balaban J connectivity index is 2.67. The van der Waals surface area contributed by atoms with E-state index in [1.165, 1.54) is 0 Å². The Hall–Kier alpha value is -0.370. The van der Waals surface area contributed by atoms with Gasteiger partial charge in [0.1, 0.15) is 6.29 Å². The van der Waals surface area contributed by atoms with E-state index in [1.807, 2.05) is 0 Å². The first-order valence-electron chi connectivity index (χ1n) is 3.70. The lowest BCUT2D eigenvalue weighted by molar-refractivity contribution is -0.112. The van der Waals surface area contributed by atoms with E-state index in [0.29, 0.717) is 0 Å². The van der Waals surface area contributed by atoms with Crippen molar-refractivity contribution in [3.63, 3.8) is 0 Å². The predicted molar refractivity (Wildman–Crippen MR) is 40.8 cm³/mol. The molecule has 10 heavy (non-hydrogen) atoms. The molecule has 0 N–H and O–H groups in total. The Morgan fingerprint density at radius 2 is 2.20 bits per heavy atom. The maximum atomic E-state index is 10.5. The van der Waals surface area contributed by atoms with Crippen LogP contribution < -0.4 is 0 Å². The summed E-state index contributed by atoms with van der Waals surface area (Å²) in [4.78, 5) is 12.7. The molecule has 0 aromatic rings. The summed E-state index contributed by atoms with van der Waals surface area (Å²) in [5, 5.41) is 0. The Morgan fingerprint density at radius 3 is 2.40 bits per heavy atom. The fourth-order valence-electron chi connectivity index (χ4n) is 1.69. The van der Waals surface area contributed by atoms with Gasteiger partial charge in [0, 0.05) is 19.0 Å². The summed E-state index contributed by atoms with van der Waals surface area (Å²) in [6, 6.07) is 0. The van der Waals surface area contributed by atoms with Gasteiger partial charge >= 0.3 is 0 Å². The van der Waals surface area contributed by atoms with Crippen LogP contribution in [0.4, 0.5) is 0 Å². The lowest BCUT2D eigenvalue weighted by Gasteiger charge is -2.20. The van der Waals surface area contributed by atoms with Crippen molar-refractivity contribution in [3.05, 3.63) is 0 Å². The summed E-state index contributed by atoms with van der Waals surface area (Å²) in [7, 11) is 2.06. The normalized spacial score (nSPS) is 32.5. The fraction of sp³-hybridized carbons (Fsp3) is 0.875. The van der Waals surface area contributed by atoms with Crippen LogP contribution in [0.5, 0.6) is 0 Å². The van der Waals surface area contributed by atoms with Crippen molar-refractivity contribution in [3.8, 4) is 0 Å². The largest absolute Gasteiger partial charge is 0.305 e. The number of carbonyl (C=O) groups excluding carboxylic acids is 1. The molecule has 1 saturated heterocycles. The SMILES string of the molecule is CN1CC(C=O)C(C)(C)C1. The Bertz CT molecular complexity index is 142. The molecule has 0 aromatic heterocycles. The first kappa shape index (κ1) is 7.73. The summed E-state index contributed by atoms with van der Waals surface area (Å²) < 4.78 is 0. The summed E-state index contributed by atoms with van der Waals surface area (Å²) in [5.41, 5.74) is 0.191. The van der Waals surface area contributed by atoms with Crippen molar-refractivity contribution >= 4 is 6.29 Å². The van der Waals surface area contributed by atoms with Gasteiger partial charge in [-0.25, -0.2) is 0 Å². The minimum absolute atomic E-state index is 0.191. The Morgan fingerprint density at radius 1 is 1.60 bits per heavy atom. The zero-order valence-electron chi connectivity index (χ0n) is 6.92. The zero-order valence-corrected chi connectivity index (χ0v) is 6.92. The summed E-state index contributed by atoms with van der Waals surface area (Å²) in [6.45, 7) is 6.26. The van der Waals surface area contributed by atoms with E-state index in [2.05, 4.69) is 25.8 Å². The van der Waals surface area contributed by atoms with Gasteiger partial charge in [0.25, 0.3) is 0 Å². The molecule has 1 fully saturated rings. The fourth-order valence-corrected chi connectivity index (χ4v) is 1.69. The quantitative estimate of drug-likeness (QED) is 0.503.